The molecule has 0 saturated carbocycles. The highest BCUT2D eigenvalue weighted by atomic mass is 16.6. The Morgan fingerprint density at radius 3 is 0.612 bits per heavy atom. The monoisotopic (exact) mass is 972 g/mol. The summed E-state index contributed by atoms with van der Waals surface area (Å²) in [4.78, 5) is 0. The third-order valence-electron chi connectivity index (χ3n) is 9.64. The van der Waals surface area contributed by atoms with Crippen LogP contribution in [0.1, 0.15) is 96.8 Å². The first-order chi connectivity index (χ1) is 33.4. The lowest BCUT2D eigenvalue weighted by atomic mass is 10.1. The zero-order chi connectivity index (χ0) is 48.0. The maximum atomic E-state index is 5.69. The minimum atomic E-state index is 0.502. The van der Waals surface area contributed by atoms with E-state index in [0.29, 0.717) is 211 Å². The van der Waals surface area contributed by atoms with E-state index in [4.69, 9.17) is 81.5 Å². The van der Waals surface area contributed by atoms with Crippen molar-refractivity contribution in [2.45, 2.75) is 96.8 Å². The fourth-order valence-corrected chi connectivity index (χ4v) is 5.94. The molecule has 0 fully saturated rings. The van der Waals surface area contributed by atoms with Gasteiger partial charge < -0.3 is 81.5 Å². The molecule has 0 heterocycles. The molecule has 0 aliphatic carbocycles. The van der Waals surface area contributed by atoms with E-state index in [0.717, 1.165) is 13.0 Å². The lowest BCUT2D eigenvalue weighted by molar-refractivity contribution is -0.0304. The normalized spacial score (nSPS) is 11.9. The standard InChI is InChI=1S/C50H101NO16/c1-2-3-4-5-6-7-8-9-10-11-12-13-14-15-16-17-19-52-21-23-54-25-27-56-29-31-58-33-35-60-37-39-62-41-43-64-45-47-66-49-50-67-48-46-65-44-42-63-40-38-61-36-34-59-32-30-57-28-26-55-24-22-53-20-18-51/h12-13H,2-11,14-51H2,1H3/b13-12+. The lowest BCUT2D eigenvalue weighted by Gasteiger charge is -2.09. The smallest absolute Gasteiger partial charge is 0.0701 e. The van der Waals surface area contributed by atoms with Crippen molar-refractivity contribution in [3.05, 3.63) is 12.2 Å². The molecule has 0 spiro atoms. The summed E-state index contributed by atoms with van der Waals surface area (Å²) in [6, 6.07) is 0. The number of hydrogen-bond acceptors (Lipinski definition) is 17. The van der Waals surface area contributed by atoms with Gasteiger partial charge in [0.2, 0.25) is 0 Å². The van der Waals surface area contributed by atoms with Crippen molar-refractivity contribution in [3.63, 3.8) is 0 Å². The van der Waals surface area contributed by atoms with Crippen LogP contribution >= 0.6 is 0 Å². The zero-order valence-corrected chi connectivity index (χ0v) is 42.5. The summed E-state index contributed by atoms with van der Waals surface area (Å²) in [5, 5.41) is 0. The van der Waals surface area contributed by atoms with Gasteiger partial charge in [-0.1, -0.05) is 76.9 Å². The molecule has 67 heavy (non-hydrogen) atoms. The molecule has 17 nitrogen and oxygen atoms in total. The molecule has 0 amide bonds. The van der Waals surface area contributed by atoms with Crippen LogP contribution in [0.3, 0.4) is 0 Å². The predicted molar refractivity (Wildman–Crippen MR) is 262 cm³/mol. The largest absolute Gasteiger partial charge is 0.379 e. The van der Waals surface area contributed by atoms with Gasteiger partial charge in [-0.15, -0.1) is 0 Å². The molecule has 0 aromatic carbocycles. The van der Waals surface area contributed by atoms with Crippen molar-refractivity contribution in [3.8, 4) is 0 Å². The maximum absolute atomic E-state index is 5.69. The summed E-state index contributed by atoms with van der Waals surface area (Å²) in [6.07, 6.45) is 23.3. The summed E-state index contributed by atoms with van der Waals surface area (Å²) in [5.74, 6) is 0. The highest BCUT2D eigenvalue weighted by molar-refractivity contribution is 4.81. The molecule has 2 N–H and O–H groups in total. The first-order valence-electron chi connectivity index (χ1n) is 26.0. The molecular formula is C50H101NO16. The topological polar surface area (TPSA) is 174 Å². The van der Waals surface area contributed by atoms with E-state index in [1.807, 2.05) is 0 Å². The van der Waals surface area contributed by atoms with Crippen LogP contribution in [-0.4, -0.2) is 218 Å². The molecule has 0 bridgehead atoms. The fourth-order valence-electron chi connectivity index (χ4n) is 5.94. The zero-order valence-electron chi connectivity index (χ0n) is 42.5. The van der Waals surface area contributed by atoms with Crippen LogP contribution in [0.5, 0.6) is 0 Å². The average Bonchev–Trinajstić information content (AvgIpc) is 3.34. The first kappa shape index (κ1) is 66.1. The third kappa shape index (κ3) is 65.1. The predicted octanol–water partition coefficient (Wildman–Crippen LogP) is 6.25. The van der Waals surface area contributed by atoms with Crippen LogP contribution < -0.4 is 5.73 Å². The quantitative estimate of drug-likeness (QED) is 0.0535. The molecule has 0 aromatic rings. The summed E-state index contributed by atoms with van der Waals surface area (Å²) >= 11 is 0. The minimum absolute atomic E-state index is 0.502. The van der Waals surface area contributed by atoms with E-state index in [-0.39, 0.29) is 0 Å². The van der Waals surface area contributed by atoms with Gasteiger partial charge in [0.25, 0.3) is 0 Å². The molecule has 0 aromatic heterocycles. The summed E-state index contributed by atoms with van der Waals surface area (Å²) in [5.41, 5.74) is 5.34. The molecular weight excluding hydrogens is 871 g/mol. The van der Waals surface area contributed by atoms with E-state index in [1.54, 1.807) is 0 Å². The van der Waals surface area contributed by atoms with Gasteiger partial charge in [0.15, 0.2) is 0 Å². The molecule has 0 aliphatic rings. The second kappa shape index (κ2) is 65.1. The Kier molecular flexibility index (Phi) is 64.1. The molecule has 0 atom stereocenters. The van der Waals surface area contributed by atoms with E-state index in [9.17, 15) is 0 Å². The van der Waals surface area contributed by atoms with E-state index in [2.05, 4.69) is 19.1 Å². The number of nitrogens with two attached hydrogens (primary N) is 1. The van der Waals surface area contributed by atoms with E-state index in [1.165, 1.54) is 83.5 Å². The Morgan fingerprint density at radius 2 is 0.388 bits per heavy atom. The van der Waals surface area contributed by atoms with Crippen LogP contribution in [0, 0.1) is 0 Å². The van der Waals surface area contributed by atoms with Gasteiger partial charge in [-0.05, 0) is 32.1 Å². The Bertz CT molecular complexity index is 884. The molecule has 0 unspecified atom stereocenters. The SMILES string of the molecule is CCCCCCCCCCC/C=C/CCCCCOCCOCCOCCOCCOCCOCCOCCOCCOCCOCCOCCOCCOCCOCCOCCOCCN. The molecule has 0 saturated heterocycles. The van der Waals surface area contributed by atoms with Crippen LogP contribution in [0.15, 0.2) is 12.2 Å². The Morgan fingerprint density at radius 1 is 0.209 bits per heavy atom. The molecule has 0 aliphatic heterocycles. The van der Waals surface area contributed by atoms with Crippen molar-refractivity contribution in [1.29, 1.82) is 0 Å². The van der Waals surface area contributed by atoms with E-state index >= 15 is 0 Å². The molecule has 0 radical (unpaired) electrons. The number of unbranched alkanes of at least 4 members (excludes halogenated alkanes) is 12. The Labute approximate surface area is 407 Å². The van der Waals surface area contributed by atoms with Gasteiger partial charge in [0, 0.05) is 13.2 Å². The number of hydrogen-bond donors (Lipinski definition) is 1. The summed E-state index contributed by atoms with van der Waals surface area (Å²) < 4.78 is 88.0. The average molecular weight is 972 g/mol. The van der Waals surface area contributed by atoms with Crippen LogP contribution in [0.2, 0.25) is 0 Å². The van der Waals surface area contributed by atoms with Gasteiger partial charge in [0.05, 0.1) is 205 Å². The first-order valence-corrected chi connectivity index (χ1v) is 26.0. The Balaban J connectivity index is 3.08. The van der Waals surface area contributed by atoms with Crippen molar-refractivity contribution < 1.29 is 75.8 Å². The number of rotatable bonds is 63. The Hall–Kier alpha value is -0.940. The highest BCUT2D eigenvalue weighted by Gasteiger charge is 1.99. The van der Waals surface area contributed by atoms with Crippen molar-refractivity contribution in [2.75, 3.05) is 218 Å². The second-order valence-electron chi connectivity index (χ2n) is 15.5. The third-order valence-corrected chi connectivity index (χ3v) is 9.64. The maximum Gasteiger partial charge on any atom is 0.0701 e. The number of allylic oxidation sites excluding steroid dienone is 2. The summed E-state index contributed by atoms with van der Waals surface area (Å²) in [6.45, 7) is 19.9. The van der Waals surface area contributed by atoms with Crippen LogP contribution in [0.25, 0.3) is 0 Å². The van der Waals surface area contributed by atoms with Crippen LogP contribution in [0.4, 0.5) is 0 Å². The summed E-state index contributed by atoms with van der Waals surface area (Å²) in [7, 11) is 0. The van der Waals surface area contributed by atoms with Gasteiger partial charge in [-0.2, -0.15) is 0 Å². The van der Waals surface area contributed by atoms with Crippen molar-refractivity contribution in [1.82, 2.24) is 0 Å². The minimum Gasteiger partial charge on any atom is -0.379 e. The highest BCUT2D eigenvalue weighted by Crippen LogP contribution is 2.11. The van der Waals surface area contributed by atoms with Crippen molar-refractivity contribution in [2.24, 2.45) is 5.73 Å². The van der Waals surface area contributed by atoms with Gasteiger partial charge in [-0.3, -0.25) is 0 Å². The van der Waals surface area contributed by atoms with Gasteiger partial charge in [-0.25, -0.2) is 0 Å². The molecule has 17 heteroatoms. The number of ether oxygens (including phenoxy) is 16. The lowest BCUT2D eigenvalue weighted by Crippen LogP contribution is -2.16. The van der Waals surface area contributed by atoms with Gasteiger partial charge >= 0.3 is 0 Å². The van der Waals surface area contributed by atoms with Gasteiger partial charge in [0.1, 0.15) is 0 Å². The fraction of sp³-hybridized carbons (Fsp3) is 0.960. The second-order valence-corrected chi connectivity index (χ2v) is 15.5. The molecule has 0 rings (SSSR count). The van der Waals surface area contributed by atoms with E-state index < -0.39 is 0 Å². The van der Waals surface area contributed by atoms with Crippen molar-refractivity contribution >= 4 is 0 Å². The molecule has 402 valence electrons. The van der Waals surface area contributed by atoms with Crippen LogP contribution in [-0.2, 0) is 75.8 Å².